The van der Waals surface area contributed by atoms with Crippen LogP contribution >= 0.6 is 11.3 Å². The zero-order valence-corrected chi connectivity index (χ0v) is 11.8. The van der Waals surface area contributed by atoms with Crippen molar-refractivity contribution in [1.82, 2.24) is 14.8 Å². The van der Waals surface area contributed by atoms with Crippen molar-refractivity contribution < 1.29 is 4.39 Å². The van der Waals surface area contributed by atoms with Crippen molar-refractivity contribution in [2.24, 2.45) is 5.84 Å². The molecule has 0 amide bonds. The largest absolute Gasteiger partial charge is 0.297 e. The smallest absolute Gasteiger partial charge is 0.193 e. The highest BCUT2D eigenvalue weighted by Crippen LogP contribution is 2.22. The molecule has 0 radical (unpaired) electrons. The molecule has 3 rings (SSSR count). The Morgan fingerprint density at radius 3 is 3.05 bits per heavy atom. The summed E-state index contributed by atoms with van der Waals surface area (Å²) in [6.45, 7) is 1.88. The Hall–Kier alpha value is -1.76. The van der Waals surface area contributed by atoms with Crippen molar-refractivity contribution >= 4 is 16.3 Å². The molecule has 20 heavy (non-hydrogen) atoms. The number of benzene rings is 1. The molecule has 0 saturated heterocycles. The van der Waals surface area contributed by atoms with Gasteiger partial charge in [0.2, 0.25) is 0 Å². The summed E-state index contributed by atoms with van der Waals surface area (Å²) in [5, 5.41) is 1.99. The number of halogens is 1. The van der Waals surface area contributed by atoms with E-state index in [1.54, 1.807) is 17.4 Å². The normalized spacial score (nSPS) is 12.9. The highest BCUT2D eigenvalue weighted by Gasteiger charge is 2.15. The number of thiazole rings is 1. The number of aromatic nitrogens is 2. The summed E-state index contributed by atoms with van der Waals surface area (Å²) >= 11 is 1.59. The molecule has 6 heteroatoms. The standard InChI is InChI=1S/C14H15FN4S/c1-9-6-10(15)2-3-12(9)13(18-16)7-11-8-19-4-5-20-14(19)17-11/h2-6,8,13,18H,7,16H2,1H3. The molecule has 3 aromatic rings. The van der Waals surface area contributed by atoms with Gasteiger partial charge in [-0.1, -0.05) is 6.07 Å². The highest BCUT2D eigenvalue weighted by atomic mass is 32.1. The van der Waals surface area contributed by atoms with Crippen LogP contribution in [0.4, 0.5) is 4.39 Å². The van der Waals surface area contributed by atoms with E-state index in [1.807, 2.05) is 29.1 Å². The van der Waals surface area contributed by atoms with E-state index < -0.39 is 0 Å². The summed E-state index contributed by atoms with van der Waals surface area (Å²) in [6, 6.07) is 4.66. The van der Waals surface area contributed by atoms with E-state index in [4.69, 9.17) is 5.84 Å². The zero-order valence-electron chi connectivity index (χ0n) is 11.0. The molecule has 0 saturated carbocycles. The van der Waals surface area contributed by atoms with Crippen LogP contribution in [0, 0.1) is 12.7 Å². The number of fused-ring (bicyclic) bond motifs is 1. The quantitative estimate of drug-likeness (QED) is 0.573. The van der Waals surface area contributed by atoms with Gasteiger partial charge in [-0.2, -0.15) is 0 Å². The fourth-order valence-corrected chi connectivity index (χ4v) is 3.09. The van der Waals surface area contributed by atoms with Crippen LogP contribution in [0.2, 0.25) is 0 Å². The number of hydrogen-bond acceptors (Lipinski definition) is 4. The van der Waals surface area contributed by atoms with Gasteiger partial charge < -0.3 is 0 Å². The van der Waals surface area contributed by atoms with Crippen molar-refractivity contribution in [2.45, 2.75) is 19.4 Å². The second-order valence-electron chi connectivity index (χ2n) is 4.75. The summed E-state index contributed by atoms with van der Waals surface area (Å²) < 4.78 is 15.2. The van der Waals surface area contributed by atoms with Gasteiger partial charge in [-0.25, -0.2) is 9.37 Å². The average molecular weight is 290 g/mol. The first kappa shape index (κ1) is 13.2. The molecule has 0 aliphatic rings. The number of nitrogens with one attached hydrogen (secondary N) is 1. The maximum absolute atomic E-state index is 13.2. The van der Waals surface area contributed by atoms with Crippen molar-refractivity contribution in [3.8, 4) is 0 Å². The minimum Gasteiger partial charge on any atom is -0.297 e. The minimum atomic E-state index is -0.232. The molecule has 4 nitrogen and oxygen atoms in total. The van der Waals surface area contributed by atoms with Gasteiger partial charge in [0.15, 0.2) is 4.96 Å². The fourth-order valence-electron chi connectivity index (χ4n) is 2.37. The Morgan fingerprint density at radius 2 is 2.35 bits per heavy atom. The Bertz CT molecular complexity index is 705. The van der Waals surface area contributed by atoms with Crippen LogP contribution in [0.15, 0.2) is 36.0 Å². The number of hydrazine groups is 1. The van der Waals surface area contributed by atoms with Crippen LogP contribution in [0.3, 0.4) is 0 Å². The molecule has 0 fully saturated rings. The number of rotatable bonds is 4. The fraction of sp³-hybridized carbons (Fsp3) is 0.214. The Morgan fingerprint density at radius 1 is 1.50 bits per heavy atom. The third-order valence-corrected chi connectivity index (χ3v) is 4.14. The lowest BCUT2D eigenvalue weighted by atomic mass is 9.98. The predicted octanol–water partition coefficient (Wildman–Crippen LogP) is 2.59. The zero-order chi connectivity index (χ0) is 14.1. The van der Waals surface area contributed by atoms with Gasteiger partial charge in [-0.15, -0.1) is 11.3 Å². The summed E-state index contributed by atoms with van der Waals surface area (Å²) in [6.07, 6.45) is 4.64. The van der Waals surface area contributed by atoms with E-state index in [9.17, 15) is 4.39 Å². The van der Waals surface area contributed by atoms with Crippen LogP contribution < -0.4 is 11.3 Å². The van der Waals surface area contributed by atoms with Crippen molar-refractivity contribution in [3.63, 3.8) is 0 Å². The van der Waals surface area contributed by atoms with Gasteiger partial charge in [0.1, 0.15) is 5.82 Å². The van der Waals surface area contributed by atoms with Crippen molar-refractivity contribution in [3.05, 3.63) is 58.6 Å². The van der Waals surface area contributed by atoms with E-state index in [0.717, 1.165) is 21.8 Å². The molecule has 2 aromatic heterocycles. The summed E-state index contributed by atoms with van der Waals surface area (Å²) in [4.78, 5) is 5.51. The van der Waals surface area contributed by atoms with Gasteiger partial charge in [-0.05, 0) is 30.2 Å². The SMILES string of the molecule is Cc1cc(F)ccc1C(Cc1cn2ccsc2n1)NN. The lowest BCUT2D eigenvalue weighted by Gasteiger charge is -2.17. The molecule has 0 aliphatic carbocycles. The summed E-state index contributed by atoms with van der Waals surface area (Å²) in [5.41, 5.74) is 5.63. The molecular weight excluding hydrogens is 275 g/mol. The van der Waals surface area contributed by atoms with E-state index >= 15 is 0 Å². The highest BCUT2D eigenvalue weighted by molar-refractivity contribution is 7.15. The van der Waals surface area contributed by atoms with E-state index in [-0.39, 0.29) is 11.9 Å². The Balaban J connectivity index is 1.88. The van der Waals surface area contributed by atoms with Gasteiger partial charge in [0.25, 0.3) is 0 Å². The molecule has 0 bridgehead atoms. The second kappa shape index (κ2) is 5.32. The molecule has 104 valence electrons. The third kappa shape index (κ3) is 2.45. The van der Waals surface area contributed by atoms with Crippen LogP contribution in [0.25, 0.3) is 4.96 Å². The van der Waals surface area contributed by atoms with Gasteiger partial charge in [-0.3, -0.25) is 15.7 Å². The number of nitrogens with two attached hydrogens (primary N) is 1. The summed E-state index contributed by atoms with van der Waals surface area (Å²) in [5.74, 6) is 5.42. The van der Waals surface area contributed by atoms with E-state index in [2.05, 4.69) is 10.4 Å². The third-order valence-electron chi connectivity index (χ3n) is 3.36. The minimum absolute atomic E-state index is 0.0831. The first-order valence-electron chi connectivity index (χ1n) is 6.30. The van der Waals surface area contributed by atoms with Crippen molar-refractivity contribution in [1.29, 1.82) is 0 Å². The predicted molar refractivity (Wildman–Crippen MR) is 78.0 cm³/mol. The average Bonchev–Trinajstić information content (AvgIpc) is 2.97. The Kier molecular flexibility index (Phi) is 3.52. The molecule has 0 aliphatic heterocycles. The number of aryl methyl sites for hydroxylation is 1. The monoisotopic (exact) mass is 290 g/mol. The summed E-state index contributed by atoms with van der Waals surface area (Å²) in [7, 11) is 0. The maximum atomic E-state index is 13.2. The molecular formula is C14H15FN4S. The molecule has 0 spiro atoms. The van der Waals surface area contributed by atoms with Gasteiger partial charge >= 0.3 is 0 Å². The Labute approximate surface area is 120 Å². The lowest BCUT2D eigenvalue weighted by Crippen LogP contribution is -2.30. The van der Waals surface area contributed by atoms with E-state index in [0.29, 0.717) is 6.42 Å². The van der Waals surface area contributed by atoms with Gasteiger partial charge in [0.05, 0.1) is 11.7 Å². The molecule has 1 atom stereocenters. The first-order chi connectivity index (χ1) is 9.67. The first-order valence-corrected chi connectivity index (χ1v) is 7.18. The lowest BCUT2D eigenvalue weighted by molar-refractivity contribution is 0.542. The topological polar surface area (TPSA) is 55.3 Å². The molecule has 2 heterocycles. The van der Waals surface area contributed by atoms with Crippen LogP contribution in [0.1, 0.15) is 22.9 Å². The molecule has 1 unspecified atom stereocenters. The number of nitrogens with zero attached hydrogens (tertiary/aromatic N) is 2. The number of imidazole rings is 1. The van der Waals surface area contributed by atoms with Crippen LogP contribution in [0.5, 0.6) is 0 Å². The maximum Gasteiger partial charge on any atom is 0.193 e. The van der Waals surface area contributed by atoms with Crippen LogP contribution in [-0.4, -0.2) is 9.38 Å². The van der Waals surface area contributed by atoms with Crippen molar-refractivity contribution in [2.75, 3.05) is 0 Å². The van der Waals surface area contributed by atoms with Crippen LogP contribution in [-0.2, 0) is 6.42 Å². The number of hydrogen-bond donors (Lipinski definition) is 2. The molecule has 1 aromatic carbocycles. The van der Waals surface area contributed by atoms with E-state index in [1.165, 1.54) is 12.1 Å². The second-order valence-corrected chi connectivity index (χ2v) is 5.62. The van der Waals surface area contributed by atoms with Gasteiger partial charge in [0, 0.05) is 24.2 Å². The molecule has 3 N–H and O–H groups in total.